The number of nitrogens with one attached hydrogen (secondary N) is 1. The van der Waals surface area contributed by atoms with Crippen molar-refractivity contribution in [3.05, 3.63) is 17.5 Å². The third kappa shape index (κ3) is 4.55. The van der Waals surface area contributed by atoms with E-state index in [9.17, 15) is 0 Å². The molecule has 2 heterocycles. The second-order valence-corrected chi connectivity index (χ2v) is 7.40. The van der Waals surface area contributed by atoms with Crippen molar-refractivity contribution in [2.45, 2.75) is 65.0 Å². The molecule has 4 nitrogen and oxygen atoms in total. The highest BCUT2D eigenvalue weighted by Gasteiger charge is 2.23. The molecule has 0 aromatic carbocycles. The average Bonchev–Trinajstić information content (AvgIpc) is 2.80. The highest BCUT2D eigenvalue weighted by molar-refractivity contribution is 5.24. The number of rotatable bonds is 5. The maximum atomic E-state index is 4.69. The van der Waals surface area contributed by atoms with E-state index < -0.39 is 0 Å². The summed E-state index contributed by atoms with van der Waals surface area (Å²) in [6.45, 7) is 13.4. The lowest BCUT2D eigenvalue weighted by molar-refractivity contribution is 0.225. The first kappa shape index (κ1) is 16.5. The van der Waals surface area contributed by atoms with Crippen LogP contribution in [0.25, 0.3) is 0 Å². The van der Waals surface area contributed by atoms with Crippen LogP contribution in [-0.2, 0) is 19.0 Å². The van der Waals surface area contributed by atoms with Crippen molar-refractivity contribution in [1.82, 2.24) is 20.0 Å². The number of piperidine rings is 1. The SMILES string of the molecule is CCN(Cc1cn(C)nc1C(C)(C)C)CC1CCCCN1. The molecule has 120 valence electrons. The fourth-order valence-electron chi connectivity index (χ4n) is 3.22. The Bertz CT molecular complexity index is 438. The van der Waals surface area contributed by atoms with Crippen LogP contribution in [0.1, 0.15) is 58.2 Å². The summed E-state index contributed by atoms with van der Waals surface area (Å²) in [5, 5.41) is 8.35. The van der Waals surface area contributed by atoms with Crippen molar-refractivity contribution in [2.75, 3.05) is 19.6 Å². The van der Waals surface area contributed by atoms with Crippen molar-refractivity contribution >= 4 is 0 Å². The van der Waals surface area contributed by atoms with Gasteiger partial charge in [-0.1, -0.05) is 34.1 Å². The highest BCUT2D eigenvalue weighted by Crippen LogP contribution is 2.25. The first-order valence-electron chi connectivity index (χ1n) is 8.39. The van der Waals surface area contributed by atoms with Gasteiger partial charge < -0.3 is 5.32 Å². The number of nitrogens with zero attached hydrogens (tertiary/aromatic N) is 3. The third-order valence-electron chi connectivity index (χ3n) is 4.35. The van der Waals surface area contributed by atoms with Gasteiger partial charge in [-0.2, -0.15) is 5.10 Å². The fraction of sp³-hybridized carbons (Fsp3) is 0.824. The third-order valence-corrected chi connectivity index (χ3v) is 4.35. The summed E-state index contributed by atoms with van der Waals surface area (Å²) in [5.74, 6) is 0. The molecule has 1 aromatic heterocycles. The number of aryl methyl sites for hydroxylation is 1. The molecular formula is C17H32N4. The summed E-state index contributed by atoms with van der Waals surface area (Å²) in [5.41, 5.74) is 2.72. The number of hydrogen-bond acceptors (Lipinski definition) is 3. The Kier molecular flexibility index (Phi) is 5.44. The molecule has 1 aliphatic heterocycles. The van der Waals surface area contributed by atoms with Crippen LogP contribution in [0.15, 0.2) is 6.20 Å². The van der Waals surface area contributed by atoms with Gasteiger partial charge in [0.25, 0.3) is 0 Å². The molecule has 1 saturated heterocycles. The summed E-state index contributed by atoms with van der Waals surface area (Å²) in [7, 11) is 2.03. The maximum absolute atomic E-state index is 4.69. The van der Waals surface area contributed by atoms with Crippen LogP contribution in [0.5, 0.6) is 0 Å². The zero-order chi connectivity index (χ0) is 15.5. The van der Waals surface area contributed by atoms with Crippen LogP contribution in [0, 0.1) is 0 Å². The highest BCUT2D eigenvalue weighted by atomic mass is 15.3. The molecule has 4 heteroatoms. The molecule has 0 amide bonds. The van der Waals surface area contributed by atoms with E-state index in [1.54, 1.807) is 0 Å². The zero-order valence-corrected chi connectivity index (χ0v) is 14.4. The molecule has 0 bridgehead atoms. The summed E-state index contributed by atoms with van der Waals surface area (Å²) in [4.78, 5) is 2.55. The van der Waals surface area contributed by atoms with Gasteiger partial charge in [0.2, 0.25) is 0 Å². The van der Waals surface area contributed by atoms with Crippen LogP contribution in [0.3, 0.4) is 0 Å². The Balaban J connectivity index is 2.04. The van der Waals surface area contributed by atoms with Crippen LogP contribution in [-0.4, -0.2) is 40.4 Å². The minimum atomic E-state index is 0.110. The van der Waals surface area contributed by atoms with Gasteiger partial charge in [-0.3, -0.25) is 9.58 Å². The Morgan fingerprint density at radius 3 is 2.71 bits per heavy atom. The van der Waals surface area contributed by atoms with E-state index in [1.807, 2.05) is 11.7 Å². The molecule has 1 N–H and O–H groups in total. The van der Waals surface area contributed by atoms with Gasteiger partial charge in [-0.05, 0) is 25.9 Å². The van der Waals surface area contributed by atoms with E-state index in [2.05, 4.69) is 44.1 Å². The Morgan fingerprint density at radius 2 is 2.14 bits per heavy atom. The first-order valence-corrected chi connectivity index (χ1v) is 8.39. The number of hydrogen-bond donors (Lipinski definition) is 1. The summed E-state index contributed by atoms with van der Waals surface area (Å²) in [6.07, 6.45) is 6.21. The Hall–Kier alpha value is -0.870. The first-order chi connectivity index (χ1) is 9.90. The molecule has 0 radical (unpaired) electrons. The van der Waals surface area contributed by atoms with Crippen molar-refractivity contribution in [1.29, 1.82) is 0 Å². The van der Waals surface area contributed by atoms with Gasteiger partial charge in [0.05, 0.1) is 5.69 Å². The molecule has 0 saturated carbocycles. The smallest absolute Gasteiger partial charge is 0.0722 e. The van der Waals surface area contributed by atoms with Gasteiger partial charge >= 0.3 is 0 Å². The van der Waals surface area contributed by atoms with E-state index in [-0.39, 0.29) is 5.41 Å². The van der Waals surface area contributed by atoms with Gasteiger partial charge in [0.1, 0.15) is 0 Å². The lowest BCUT2D eigenvalue weighted by atomic mass is 9.89. The van der Waals surface area contributed by atoms with Gasteiger partial charge in [0.15, 0.2) is 0 Å². The van der Waals surface area contributed by atoms with Crippen molar-refractivity contribution in [2.24, 2.45) is 7.05 Å². The molecule has 1 unspecified atom stereocenters. The van der Waals surface area contributed by atoms with E-state index in [1.165, 1.54) is 37.1 Å². The molecular weight excluding hydrogens is 260 g/mol. The van der Waals surface area contributed by atoms with Crippen LogP contribution >= 0.6 is 0 Å². The summed E-state index contributed by atoms with van der Waals surface area (Å²) < 4.78 is 1.96. The summed E-state index contributed by atoms with van der Waals surface area (Å²) >= 11 is 0. The molecule has 1 atom stereocenters. The Morgan fingerprint density at radius 1 is 1.38 bits per heavy atom. The van der Waals surface area contributed by atoms with Crippen LogP contribution < -0.4 is 5.32 Å². The van der Waals surface area contributed by atoms with Crippen molar-refractivity contribution in [3.63, 3.8) is 0 Å². The second-order valence-electron chi connectivity index (χ2n) is 7.40. The van der Waals surface area contributed by atoms with E-state index in [0.29, 0.717) is 6.04 Å². The number of aromatic nitrogens is 2. The minimum Gasteiger partial charge on any atom is -0.313 e. The van der Waals surface area contributed by atoms with Gasteiger partial charge in [0, 0.05) is 43.4 Å². The molecule has 2 rings (SSSR count). The average molecular weight is 292 g/mol. The molecule has 1 aliphatic rings. The lowest BCUT2D eigenvalue weighted by Crippen LogP contribution is -2.43. The topological polar surface area (TPSA) is 33.1 Å². The molecule has 0 aliphatic carbocycles. The predicted molar refractivity (Wildman–Crippen MR) is 88.5 cm³/mol. The Labute approximate surface area is 129 Å². The fourth-order valence-corrected chi connectivity index (χ4v) is 3.22. The van der Waals surface area contributed by atoms with Gasteiger partial charge in [-0.15, -0.1) is 0 Å². The zero-order valence-electron chi connectivity index (χ0n) is 14.4. The normalized spacial score (nSPS) is 20.2. The molecule has 1 aromatic rings. The monoisotopic (exact) mass is 292 g/mol. The summed E-state index contributed by atoms with van der Waals surface area (Å²) in [6, 6.07) is 0.661. The van der Waals surface area contributed by atoms with E-state index >= 15 is 0 Å². The number of likely N-dealkylation sites (N-methyl/N-ethyl adjacent to an activating group) is 1. The van der Waals surface area contributed by atoms with Crippen molar-refractivity contribution in [3.8, 4) is 0 Å². The standard InChI is InChI=1S/C17H32N4/c1-6-21(13-15-9-7-8-10-18-15)12-14-11-20(5)19-16(14)17(2,3)4/h11,15,18H,6-10,12-13H2,1-5H3. The van der Waals surface area contributed by atoms with Gasteiger partial charge in [-0.25, -0.2) is 0 Å². The van der Waals surface area contributed by atoms with E-state index in [4.69, 9.17) is 5.10 Å². The maximum Gasteiger partial charge on any atom is 0.0722 e. The predicted octanol–water partition coefficient (Wildman–Crippen LogP) is 2.68. The van der Waals surface area contributed by atoms with E-state index in [0.717, 1.165) is 19.6 Å². The minimum absolute atomic E-state index is 0.110. The lowest BCUT2D eigenvalue weighted by Gasteiger charge is -2.30. The molecule has 0 spiro atoms. The quantitative estimate of drug-likeness (QED) is 0.906. The van der Waals surface area contributed by atoms with Crippen LogP contribution in [0.4, 0.5) is 0 Å². The second kappa shape index (κ2) is 6.93. The van der Waals surface area contributed by atoms with Crippen molar-refractivity contribution < 1.29 is 0 Å². The van der Waals surface area contributed by atoms with Crippen LogP contribution in [0.2, 0.25) is 0 Å². The molecule has 1 fully saturated rings. The molecule has 21 heavy (non-hydrogen) atoms. The largest absolute Gasteiger partial charge is 0.313 e.